The predicted molar refractivity (Wildman–Crippen MR) is 62.2 cm³/mol. The topological polar surface area (TPSA) is 81.8 Å². The van der Waals surface area contributed by atoms with E-state index in [4.69, 9.17) is 0 Å². The Bertz CT molecular complexity index is 426. The third-order valence-corrected chi connectivity index (χ3v) is 1.87. The van der Waals surface area contributed by atoms with Gasteiger partial charge in [0.2, 0.25) is 0 Å². The zero-order valence-electron chi connectivity index (χ0n) is 9.33. The summed E-state index contributed by atoms with van der Waals surface area (Å²) in [5, 5.41) is 10.4. The Labute approximate surface area is 98.1 Å². The second-order valence-corrected chi connectivity index (χ2v) is 3.12. The van der Waals surface area contributed by atoms with Gasteiger partial charge in [-0.25, -0.2) is 0 Å². The highest BCUT2D eigenvalue weighted by atomic mass is 16.6. The van der Waals surface area contributed by atoms with Gasteiger partial charge in [0.15, 0.2) is 0 Å². The number of hydrogen-bond donors (Lipinski definition) is 0. The summed E-state index contributed by atoms with van der Waals surface area (Å²) in [4.78, 5) is 24.7. The van der Waals surface area contributed by atoms with Gasteiger partial charge in [-0.1, -0.05) is 0 Å². The molecule has 0 aliphatic rings. The molecule has 0 saturated carbocycles. The lowest BCUT2D eigenvalue weighted by atomic mass is 10.2. The molecule has 0 heterocycles. The number of carbonyl (C=O) groups is 1. The molecule has 1 aromatic rings. The Morgan fingerprint density at radius 2 is 2.12 bits per heavy atom. The monoisotopic (exact) mass is 236 g/mol. The van der Waals surface area contributed by atoms with Crippen molar-refractivity contribution in [3.63, 3.8) is 0 Å². The molecule has 0 amide bonds. The van der Waals surface area contributed by atoms with E-state index in [1.54, 1.807) is 19.1 Å². The summed E-state index contributed by atoms with van der Waals surface area (Å²) in [6.07, 6.45) is 1.47. The van der Waals surface area contributed by atoms with Crippen LogP contribution in [0.4, 0.5) is 5.69 Å². The molecule has 1 rings (SSSR count). The summed E-state index contributed by atoms with van der Waals surface area (Å²) in [6, 6.07) is 5.89. The average molecular weight is 236 g/mol. The van der Waals surface area contributed by atoms with Gasteiger partial charge in [-0.15, -0.1) is 0 Å². The SMILES string of the molecule is CCOC(=O)CN=Cc1ccc([N+](=O)[O-])cc1. The number of hydrogen-bond acceptors (Lipinski definition) is 5. The molecule has 0 aromatic heterocycles. The summed E-state index contributed by atoms with van der Waals surface area (Å²) in [5.74, 6) is -0.398. The normalized spacial score (nSPS) is 10.4. The van der Waals surface area contributed by atoms with Crippen LogP contribution in [0.5, 0.6) is 0 Å². The second-order valence-electron chi connectivity index (χ2n) is 3.12. The molecule has 0 aliphatic carbocycles. The summed E-state index contributed by atoms with van der Waals surface area (Å²) >= 11 is 0. The van der Waals surface area contributed by atoms with Gasteiger partial charge in [0.05, 0.1) is 11.5 Å². The molecule has 0 fully saturated rings. The van der Waals surface area contributed by atoms with Crippen LogP contribution in [0.1, 0.15) is 12.5 Å². The first kappa shape index (κ1) is 12.8. The second kappa shape index (κ2) is 6.37. The van der Waals surface area contributed by atoms with Crippen LogP contribution < -0.4 is 0 Å². The molecule has 6 heteroatoms. The lowest BCUT2D eigenvalue weighted by molar-refractivity contribution is -0.384. The molecule has 0 saturated heterocycles. The summed E-state index contributed by atoms with van der Waals surface area (Å²) in [6.45, 7) is 1.99. The van der Waals surface area contributed by atoms with E-state index in [0.29, 0.717) is 12.2 Å². The number of rotatable bonds is 5. The molecule has 0 spiro atoms. The molecule has 17 heavy (non-hydrogen) atoms. The van der Waals surface area contributed by atoms with Crippen LogP contribution in [0.25, 0.3) is 0 Å². The fourth-order valence-corrected chi connectivity index (χ4v) is 1.11. The summed E-state index contributed by atoms with van der Waals surface area (Å²) in [7, 11) is 0. The van der Waals surface area contributed by atoms with Gasteiger partial charge in [0.1, 0.15) is 6.54 Å². The Hall–Kier alpha value is -2.24. The maximum Gasteiger partial charge on any atom is 0.327 e. The van der Waals surface area contributed by atoms with E-state index < -0.39 is 10.9 Å². The van der Waals surface area contributed by atoms with Gasteiger partial charge in [-0.3, -0.25) is 19.9 Å². The van der Waals surface area contributed by atoms with Crippen molar-refractivity contribution in [3.05, 3.63) is 39.9 Å². The Morgan fingerprint density at radius 3 is 2.65 bits per heavy atom. The summed E-state index contributed by atoms with van der Waals surface area (Å²) in [5.41, 5.74) is 0.715. The van der Waals surface area contributed by atoms with Crippen LogP contribution in [0.2, 0.25) is 0 Å². The minimum atomic E-state index is -0.473. The first-order valence-electron chi connectivity index (χ1n) is 5.03. The van der Waals surface area contributed by atoms with Gasteiger partial charge in [0, 0.05) is 18.3 Å². The third kappa shape index (κ3) is 4.42. The number of aliphatic imine (C=N–C) groups is 1. The number of nitro benzene ring substituents is 1. The van der Waals surface area contributed by atoms with Crippen molar-refractivity contribution in [3.8, 4) is 0 Å². The van der Waals surface area contributed by atoms with Crippen LogP contribution >= 0.6 is 0 Å². The molecule has 90 valence electrons. The minimum absolute atomic E-state index is 0.0209. The third-order valence-electron chi connectivity index (χ3n) is 1.87. The largest absolute Gasteiger partial charge is 0.465 e. The Kier molecular flexibility index (Phi) is 4.80. The first-order valence-corrected chi connectivity index (χ1v) is 5.03. The maximum absolute atomic E-state index is 11.0. The lowest BCUT2D eigenvalue weighted by Gasteiger charge is -1.96. The smallest absolute Gasteiger partial charge is 0.327 e. The number of ether oxygens (including phenoxy) is 1. The molecule has 0 aliphatic heterocycles. The molecule has 0 bridgehead atoms. The lowest BCUT2D eigenvalue weighted by Crippen LogP contribution is -2.07. The zero-order chi connectivity index (χ0) is 12.7. The van der Waals surface area contributed by atoms with Gasteiger partial charge in [-0.2, -0.15) is 0 Å². The number of benzene rings is 1. The number of carbonyl (C=O) groups excluding carboxylic acids is 1. The highest BCUT2D eigenvalue weighted by Gasteiger charge is 2.02. The molecule has 6 nitrogen and oxygen atoms in total. The molecule has 0 radical (unpaired) electrons. The fraction of sp³-hybridized carbons (Fsp3) is 0.273. The van der Waals surface area contributed by atoms with Crippen LogP contribution in [-0.4, -0.2) is 30.3 Å². The van der Waals surface area contributed by atoms with E-state index >= 15 is 0 Å². The van der Waals surface area contributed by atoms with E-state index in [-0.39, 0.29) is 12.2 Å². The van der Waals surface area contributed by atoms with Gasteiger partial charge < -0.3 is 4.74 Å². The van der Waals surface area contributed by atoms with E-state index in [2.05, 4.69) is 9.73 Å². The van der Waals surface area contributed by atoms with Crippen LogP contribution in [-0.2, 0) is 9.53 Å². The molecule has 0 unspecified atom stereocenters. The van der Waals surface area contributed by atoms with Crippen LogP contribution in [0, 0.1) is 10.1 Å². The zero-order valence-corrected chi connectivity index (χ0v) is 9.33. The van der Waals surface area contributed by atoms with Crippen molar-refractivity contribution in [2.75, 3.05) is 13.2 Å². The van der Waals surface area contributed by atoms with E-state index in [0.717, 1.165) is 0 Å². The quantitative estimate of drug-likeness (QED) is 0.336. The van der Waals surface area contributed by atoms with Crippen LogP contribution in [0.15, 0.2) is 29.3 Å². The van der Waals surface area contributed by atoms with Crippen molar-refractivity contribution >= 4 is 17.9 Å². The predicted octanol–water partition coefficient (Wildman–Crippen LogP) is 1.58. The average Bonchev–Trinajstić information content (AvgIpc) is 2.30. The number of esters is 1. The number of non-ortho nitro benzene ring substituents is 1. The van der Waals surface area contributed by atoms with E-state index in [1.165, 1.54) is 18.3 Å². The first-order chi connectivity index (χ1) is 8.13. The fourth-order valence-electron chi connectivity index (χ4n) is 1.11. The van der Waals surface area contributed by atoms with Gasteiger partial charge >= 0.3 is 5.97 Å². The molecule has 1 aromatic carbocycles. The molecule has 0 N–H and O–H groups in total. The van der Waals surface area contributed by atoms with Crippen molar-refractivity contribution in [1.82, 2.24) is 0 Å². The van der Waals surface area contributed by atoms with Crippen LogP contribution in [0.3, 0.4) is 0 Å². The Balaban J connectivity index is 2.54. The number of nitro groups is 1. The van der Waals surface area contributed by atoms with E-state index in [1.807, 2.05) is 0 Å². The number of nitrogens with zero attached hydrogens (tertiary/aromatic N) is 2. The minimum Gasteiger partial charge on any atom is -0.465 e. The van der Waals surface area contributed by atoms with E-state index in [9.17, 15) is 14.9 Å². The van der Waals surface area contributed by atoms with Crippen molar-refractivity contribution < 1.29 is 14.5 Å². The molecule has 0 atom stereocenters. The van der Waals surface area contributed by atoms with Crippen molar-refractivity contribution in [2.24, 2.45) is 4.99 Å². The molecular formula is C11H12N2O4. The van der Waals surface area contributed by atoms with Gasteiger partial charge in [0.25, 0.3) is 5.69 Å². The van der Waals surface area contributed by atoms with Gasteiger partial charge in [-0.05, 0) is 24.6 Å². The summed E-state index contributed by atoms with van der Waals surface area (Å²) < 4.78 is 4.69. The molecular weight excluding hydrogens is 224 g/mol. The standard InChI is InChI=1S/C11H12N2O4/c1-2-17-11(14)8-12-7-9-3-5-10(6-4-9)13(15)16/h3-7H,2,8H2,1H3. The van der Waals surface area contributed by atoms with Crippen molar-refractivity contribution in [1.29, 1.82) is 0 Å². The maximum atomic E-state index is 11.0. The Morgan fingerprint density at radius 1 is 1.47 bits per heavy atom. The highest BCUT2D eigenvalue weighted by molar-refractivity contribution is 5.82. The van der Waals surface area contributed by atoms with Crippen molar-refractivity contribution in [2.45, 2.75) is 6.92 Å². The highest BCUT2D eigenvalue weighted by Crippen LogP contribution is 2.10.